The van der Waals surface area contributed by atoms with Gasteiger partial charge in [0.1, 0.15) is 6.04 Å². The third kappa shape index (κ3) is 1.18. The lowest BCUT2D eigenvalue weighted by Crippen LogP contribution is -2.52. The number of carbonyl (C=O) groups excluding carboxylic acids is 1. The summed E-state index contributed by atoms with van der Waals surface area (Å²) < 4.78 is 4.39. The van der Waals surface area contributed by atoms with E-state index < -0.39 is 0 Å². The average Bonchev–Trinajstić information content (AvgIpc) is 2.40. The Morgan fingerprint density at radius 2 is 2.36 bits per heavy atom. The predicted octanol–water partition coefficient (Wildman–Crippen LogP) is 0.965. The molecule has 3 unspecified atom stereocenters. The molecule has 0 aliphatic carbocycles. The van der Waals surface area contributed by atoms with Gasteiger partial charge in [0.25, 0.3) is 0 Å². The SMILES string of the molecule is COC(=O)C1=CCC2CCC1[N+]2(C)[O-]. The molecule has 1 fully saturated rings. The molecule has 0 aromatic heterocycles. The lowest BCUT2D eigenvalue weighted by molar-refractivity contribution is -0.892. The molecule has 1 saturated heterocycles. The van der Waals surface area contributed by atoms with Gasteiger partial charge < -0.3 is 14.6 Å². The Morgan fingerprint density at radius 1 is 1.64 bits per heavy atom. The van der Waals surface area contributed by atoms with Crippen LogP contribution < -0.4 is 0 Å². The first-order valence-corrected chi connectivity index (χ1v) is 4.92. The summed E-state index contributed by atoms with van der Waals surface area (Å²) in [6.07, 6.45) is 4.32. The number of quaternary nitrogens is 1. The Balaban J connectivity index is 2.30. The van der Waals surface area contributed by atoms with E-state index in [4.69, 9.17) is 0 Å². The van der Waals surface area contributed by atoms with E-state index >= 15 is 0 Å². The minimum atomic E-state index is -0.337. The molecule has 0 N–H and O–H groups in total. The molecule has 0 saturated carbocycles. The second-order valence-corrected chi connectivity index (χ2v) is 4.19. The third-order valence-electron chi connectivity index (χ3n) is 3.51. The van der Waals surface area contributed by atoms with Gasteiger partial charge in [-0.3, -0.25) is 0 Å². The molecule has 0 aromatic carbocycles. The van der Waals surface area contributed by atoms with Crippen LogP contribution in [0.3, 0.4) is 0 Å². The molecule has 4 nitrogen and oxygen atoms in total. The fraction of sp³-hybridized carbons (Fsp3) is 0.700. The highest BCUT2D eigenvalue weighted by Crippen LogP contribution is 2.40. The molecule has 0 aromatic rings. The van der Waals surface area contributed by atoms with Crippen molar-refractivity contribution < 1.29 is 14.2 Å². The Morgan fingerprint density at radius 3 is 3.00 bits per heavy atom. The molecule has 3 atom stereocenters. The second-order valence-electron chi connectivity index (χ2n) is 4.19. The minimum Gasteiger partial charge on any atom is -0.632 e. The van der Waals surface area contributed by atoms with Gasteiger partial charge in [0.05, 0.1) is 25.8 Å². The number of hydroxylamine groups is 3. The van der Waals surface area contributed by atoms with Crippen LogP contribution in [0.1, 0.15) is 19.3 Å². The molecule has 2 aliphatic heterocycles. The molecule has 0 spiro atoms. The Hall–Kier alpha value is -0.870. The van der Waals surface area contributed by atoms with Gasteiger partial charge in [0.2, 0.25) is 0 Å². The summed E-state index contributed by atoms with van der Waals surface area (Å²) in [6, 6.07) is -0.0467. The Bertz CT molecular complexity index is 296. The van der Waals surface area contributed by atoms with Crippen molar-refractivity contribution in [3.05, 3.63) is 16.9 Å². The number of ether oxygens (including phenoxy) is 1. The maximum Gasteiger partial charge on any atom is 0.339 e. The molecule has 2 aliphatic rings. The summed E-state index contributed by atoms with van der Waals surface area (Å²) >= 11 is 0. The van der Waals surface area contributed by atoms with Crippen molar-refractivity contribution >= 4 is 5.97 Å². The van der Waals surface area contributed by atoms with Crippen LogP contribution >= 0.6 is 0 Å². The normalized spacial score (nSPS) is 40.6. The molecule has 2 heterocycles. The molecular weight excluding hydrogens is 182 g/mol. The number of esters is 1. The van der Waals surface area contributed by atoms with Crippen LogP contribution in [0, 0.1) is 5.21 Å². The van der Waals surface area contributed by atoms with E-state index in [2.05, 4.69) is 4.74 Å². The van der Waals surface area contributed by atoms with E-state index in [1.807, 2.05) is 6.08 Å². The highest BCUT2D eigenvalue weighted by atomic mass is 16.6. The molecule has 4 heteroatoms. The zero-order valence-electron chi connectivity index (χ0n) is 8.53. The van der Waals surface area contributed by atoms with E-state index in [0.717, 1.165) is 12.8 Å². The van der Waals surface area contributed by atoms with Crippen LogP contribution in [0.25, 0.3) is 0 Å². The molecule has 0 radical (unpaired) electrons. The zero-order valence-corrected chi connectivity index (χ0v) is 8.53. The lowest BCUT2D eigenvalue weighted by Gasteiger charge is -2.47. The van der Waals surface area contributed by atoms with E-state index in [1.54, 1.807) is 7.05 Å². The summed E-state index contributed by atoms with van der Waals surface area (Å²) in [6.45, 7) is 0. The van der Waals surface area contributed by atoms with Gasteiger partial charge in [0, 0.05) is 19.3 Å². The molecular formula is C10H15NO3. The highest BCUT2D eigenvalue weighted by Gasteiger charge is 2.46. The number of fused-ring (bicyclic) bond motifs is 2. The summed E-state index contributed by atoms with van der Waals surface area (Å²) in [4.78, 5) is 11.4. The third-order valence-corrected chi connectivity index (χ3v) is 3.51. The van der Waals surface area contributed by atoms with Gasteiger partial charge in [-0.15, -0.1) is 0 Å². The minimum absolute atomic E-state index is 0.147. The van der Waals surface area contributed by atoms with Crippen LogP contribution in [0.4, 0.5) is 0 Å². The lowest BCUT2D eigenvalue weighted by atomic mass is 10.0. The fourth-order valence-electron chi connectivity index (χ4n) is 2.61. The molecule has 2 bridgehead atoms. The number of hydrogen-bond donors (Lipinski definition) is 0. The Labute approximate surface area is 83.3 Å². The molecule has 2 rings (SSSR count). The number of hydrogen-bond acceptors (Lipinski definition) is 3. The number of likely N-dealkylation sites (N-methyl/N-ethyl adjacent to an activating group) is 1. The maximum absolute atomic E-state index is 12.2. The van der Waals surface area contributed by atoms with Gasteiger partial charge in [-0.2, -0.15) is 0 Å². The first kappa shape index (κ1) is 9.68. The number of nitrogens with zero attached hydrogens (tertiary/aromatic N) is 1. The van der Waals surface area contributed by atoms with Crippen molar-refractivity contribution in [2.75, 3.05) is 14.2 Å². The standard InChI is InChI=1S/C10H15NO3/c1-11(13)7-3-5-8(10(12)14-2)9(11)6-4-7/h5,7,9H,3-4,6H2,1-2H3. The van der Waals surface area contributed by atoms with Crippen molar-refractivity contribution in [3.8, 4) is 0 Å². The first-order valence-electron chi connectivity index (χ1n) is 4.92. The van der Waals surface area contributed by atoms with E-state index in [9.17, 15) is 10.0 Å². The van der Waals surface area contributed by atoms with Gasteiger partial charge in [-0.25, -0.2) is 4.79 Å². The van der Waals surface area contributed by atoms with Crippen molar-refractivity contribution in [3.63, 3.8) is 0 Å². The smallest absolute Gasteiger partial charge is 0.339 e. The van der Waals surface area contributed by atoms with Crippen LogP contribution in [-0.4, -0.2) is 36.9 Å². The van der Waals surface area contributed by atoms with Gasteiger partial charge >= 0.3 is 5.97 Å². The van der Waals surface area contributed by atoms with E-state index in [-0.39, 0.29) is 22.7 Å². The summed E-state index contributed by atoms with van der Waals surface area (Å²) in [5.74, 6) is -0.337. The van der Waals surface area contributed by atoms with Crippen molar-refractivity contribution in [1.82, 2.24) is 0 Å². The largest absolute Gasteiger partial charge is 0.632 e. The van der Waals surface area contributed by atoms with Crippen LogP contribution in [-0.2, 0) is 9.53 Å². The molecule has 14 heavy (non-hydrogen) atoms. The van der Waals surface area contributed by atoms with Crippen LogP contribution in [0.2, 0.25) is 0 Å². The van der Waals surface area contributed by atoms with Crippen LogP contribution in [0.15, 0.2) is 11.6 Å². The summed E-state index contributed by atoms with van der Waals surface area (Å²) in [7, 11) is 3.03. The van der Waals surface area contributed by atoms with Crippen molar-refractivity contribution in [2.24, 2.45) is 0 Å². The number of methoxy groups -OCH3 is 1. The first-order chi connectivity index (χ1) is 6.57. The molecule has 0 amide bonds. The van der Waals surface area contributed by atoms with Crippen molar-refractivity contribution in [1.29, 1.82) is 0 Å². The Kier molecular flexibility index (Phi) is 2.12. The average molecular weight is 197 g/mol. The fourth-order valence-corrected chi connectivity index (χ4v) is 2.61. The van der Waals surface area contributed by atoms with Gasteiger partial charge in [0.15, 0.2) is 0 Å². The van der Waals surface area contributed by atoms with E-state index in [1.165, 1.54) is 7.11 Å². The van der Waals surface area contributed by atoms with Gasteiger partial charge in [-0.05, 0) is 0 Å². The summed E-state index contributed by atoms with van der Waals surface area (Å²) in [5.41, 5.74) is 0.582. The zero-order chi connectivity index (χ0) is 10.3. The maximum atomic E-state index is 12.2. The second kappa shape index (κ2) is 3.07. The highest BCUT2D eigenvalue weighted by molar-refractivity contribution is 5.89. The molecule has 78 valence electrons. The van der Waals surface area contributed by atoms with Crippen LogP contribution in [0.5, 0.6) is 0 Å². The van der Waals surface area contributed by atoms with Gasteiger partial charge in [-0.1, -0.05) is 6.08 Å². The number of carbonyl (C=O) groups is 1. The predicted molar refractivity (Wildman–Crippen MR) is 51.1 cm³/mol. The monoisotopic (exact) mass is 197 g/mol. The quantitative estimate of drug-likeness (QED) is 0.357. The van der Waals surface area contributed by atoms with E-state index in [0.29, 0.717) is 12.0 Å². The van der Waals surface area contributed by atoms with Crippen molar-refractivity contribution in [2.45, 2.75) is 31.3 Å². The summed E-state index contributed by atoms with van der Waals surface area (Å²) in [5, 5.41) is 12.2. The number of rotatable bonds is 1. The topological polar surface area (TPSA) is 49.4 Å².